The third kappa shape index (κ3) is 2.16. The van der Waals surface area contributed by atoms with Crippen LogP contribution in [0.1, 0.15) is 21.2 Å². The van der Waals surface area contributed by atoms with E-state index in [1.165, 1.54) is 5.56 Å². The van der Waals surface area contributed by atoms with Gasteiger partial charge in [-0.05, 0) is 11.6 Å². The monoisotopic (exact) mass is 207 g/mol. The molecule has 14 heavy (non-hydrogen) atoms. The molecule has 1 heterocycles. The molecule has 1 aliphatic rings. The number of hydrogen-bond donors (Lipinski definition) is 1. The zero-order valence-corrected chi connectivity index (χ0v) is 8.72. The van der Waals surface area contributed by atoms with Crippen LogP contribution in [-0.2, 0) is 0 Å². The number of carbonyl (C=O) groups excluding carboxylic acids is 1. The molecule has 0 spiro atoms. The van der Waals surface area contributed by atoms with E-state index in [2.05, 4.69) is 11.4 Å². The van der Waals surface area contributed by atoms with Crippen LogP contribution in [0.5, 0.6) is 0 Å². The fourth-order valence-corrected chi connectivity index (χ4v) is 2.73. The summed E-state index contributed by atoms with van der Waals surface area (Å²) in [6, 6.07) is 7.88. The second-order valence-electron chi connectivity index (χ2n) is 3.35. The summed E-state index contributed by atoms with van der Waals surface area (Å²) < 4.78 is 0. The number of thioether (sulfide) groups is 1. The second-order valence-corrected chi connectivity index (χ2v) is 4.66. The molecule has 1 aromatic carbocycles. The summed E-state index contributed by atoms with van der Waals surface area (Å²) in [5.41, 5.74) is 2.03. The summed E-state index contributed by atoms with van der Waals surface area (Å²) in [6.45, 7) is 2.10. The maximum absolute atomic E-state index is 10.6. The zero-order valence-electron chi connectivity index (χ0n) is 7.90. The van der Waals surface area contributed by atoms with Gasteiger partial charge in [0.2, 0.25) is 0 Å². The maximum Gasteiger partial charge on any atom is 0.150 e. The summed E-state index contributed by atoms with van der Waals surface area (Å²) in [4.78, 5) is 10.6. The molecule has 0 aromatic heterocycles. The number of hydrogen-bond acceptors (Lipinski definition) is 3. The molecule has 74 valence electrons. The lowest BCUT2D eigenvalue weighted by atomic mass is 10.1. The molecule has 1 unspecified atom stereocenters. The van der Waals surface area contributed by atoms with Gasteiger partial charge in [0.1, 0.15) is 6.29 Å². The molecule has 2 rings (SSSR count). The van der Waals surface area contributed by atoms with Crippen molar-refractivity contribution in [2.45, 2.75) is 5.25 Å². The molecule has 0 amide bonds. The molecular formula is C11H13NOS. The van der Waals surface area contributed by atoms with Crippen LogP contribution < -0.4 is 5.32 Å². The molecule has 1 aliphatic heterocycles. The highest BCUT2D eigenvalue weighted by Crippen LogP contribution is 2.30. The average Bonchev–Trinajstić information content (AvgIpc) is 2.30. The summed E-state index contributed by atoms with van der Waals surface area (Å²) >= 11 is 1.96. The maximum atomic E-state index is 10.6. The smallest absolute Gasteiger partial charge is 0.150 e. The summed E-state index contributed by atoms with van der Waals surface area (Å²) in [5, 5.41) is 3.87. The lowest BCUT2D eigenvalue weighted by molar-refractivity contribution is 0.112. The molecular weight excluding hydrogens is 194 g/mol. The van der Waals surface area contributed by atoms with E-state index in [0.717, 1.165) is 30.7 Å². The third-order valence-electron chi connectivity index (χ3n) is 2.35. The molecule has 2 nitrogen and oxygen atoms in total. The molecule has 0 radical (unpaired) electrons. The van der Waals surface area contributed by atoms with Crippen LogP contribution in [0.15, 0.2) is 24.3 Å². The number of rotatable bonds is 2. The van der Waals surface area contributed by atoms with Crippen molar-refractivity contribution >= 4 is 18.0 Å². The van der Waals surface area contributed by atoms with Gasteiger partial charge >= 0.3 is 0 Å². The highest BCUT2D eigenvalue weighted by Gasteiger charge is 2.15. The summed E-state index contributed by atoms with van der Waals surface area (Å²) in [6.07, 6.45) is 0.907. The first kappa shape index (κ1) is 9.74. The van der Waals surface area contributed by atoms with Gasteiger partial charge < -0.3 is 5.32 Å². The Morgan fingerprint density at radius 1 is 1.50 bits per heavy atom. The quantitative estimate of drug-likeness (QED) is 0.751. The van der Waals surface area contributed by atoms with E-state index in [0.29, 0.717) is 5.25 Å². The van der Waals surface area contributed by atoms with E-state index in [9.17, 15) is 4.79 Å². The lowest BCUT2D eigenvalue weighted by Gasteiger charge is -2.22. The number of nitrogens with one attached hydrogen (secondary N) is 1. The van der Waals surface area contributed by atoms with Gasteiger partial charge in [0.05, 0.1) is 0 Å². The third-order valence-corrected chi connectivity index (χ3v) is 3.63. The van der Waals surface area contributed by atoms with Crippen LogP contribution in [0.3, 0.4) is 0 Å². The molecule has 1 fully saturated rings. The molecule has 3 heteroatoms. The minimum Gasteiger partial charge on any atom is -0.314 e. The molecule has 0 aliphatic carbocycles. The summed E-state index contributed by atoms with van der Waals surface area (Å²) in [5.74, 6) is 1.15. The largest absolute Gasteiger partial charge is 0.314 e. The normalized spacial score (nSPS) is 21.9. The van der Waals surface area contributed by atoms with Gasteiger partial charge in [0.15, 0.2) is 0 Å². The first-order chi connectivity index (χ1) is 6.90. The Hall–Kier alpha value is -0.800. The Balaban J connectivity index is 2.17. The van der Waals surface area contributed by atoms with Crippen molar-refractivity contribution in [1.82, 2.24) is 5.32 Å². The van der Waals surface area contributed by atoms with Crippen molar-refractivity contribution in [2.24, 2.45) is 0 Å². The Morgan fingerprint density at radius 3 is 3.14 bits per heavy atom. The molecule has 1 aromatic rings. The minimum atomic E-state index is 0.503. The highest BCUT2D eigenvalue weighted by molar-refractivity contribution is 7.99. The minimum absolute atomic E-state index is 0.503. The Kier molecular flexibility index (Phi) is 3.22. The van der Waals surface area contributed by atoms with Crippen molar-refractivity contribution in [3.63, 3.8) is 0 Å². The van der Waals surface area contributed by atoms with E-state index >= 15 is 0 Å². The van der Waals surface area contributed by atoms with E-state index in [1.54, 1.807) is 0 Å². The first-order valence-electron chi connectivity index (χ1n) is 4.77. The Morgan fingerprint density at radius 2 is 2.43 bits per heavy atom. The van der Waals surface area contributed by atoms with Gasteiger partial charge in [-0.25, -0.2) is 0 Å². The number of carbonyl (C=O) groups is 1. The van der Waals surface area contributed by atoms with E-state index in [4.69, 9.17) is 0 Å². The van der Waals surface area contributed by atoms with Crippen molar-refractivity contribution in [1.29, 1.82) is 0 Å². The zero-order chi connectivity index (χ0) is 9.80. The van der Waals surface area contributed by atoms with E-state index < -0.39 is 0 Å². The van der Waals surface area contributed by atoms with Crippen molar-refractivity contribution in [3.8, 4) is 0 Å². The van der Waals surface area contributed by atoms with Gasteiger partial charge in [-0.1, -0.05) is 18.2 Å². The van der Waals surface area contributed by atoms with Gasteiger partial charge in [0.25, 0.3) is 0 Å². The highest BCUT2D eigenvalue weighted by atomic mass is 32.2. The predicted molar refractivity (Wildman–Crippen MR) is 59.9 cm³/mol. The van der Waals surface area contributed by atoms with Crippen molar-refractivity contribution in [3.05, 3.63) is 35.4 Å². The first-order valence-corrected chi connectivity index (χ1v) is 5.82. The van der Waals surface area contributed by atoms with Gasteiger partial charge in [-0.2, -0.15) is 11.8 Å². The van der Waals surface area contributed by atoms with Gasteiger partial charge in [0, 0.05) is 29.7 Å². The molecule has 0 saturated carbocycles. The fraction of sp³-hybridized carbons (Fsp3) is 0.364. The number of benzene rings is 1. The Bertz CT molecular complexity index is 321. The molecule has 0 bridgehead atoms. The van der Waals surface area contributed by atoms with Crippen LogP contribution in [-0.4, -0.2) is 25.1 Å². The van der Waals surface area contributed by atoms with Crippen LogP contribution in [0.25, 0.3) is 0 Å². The van der Waals surface area contributed by atoms with E-state index in [-0.39, 0.29) is 0 Å². The molecule has 1 N–H and O–H groups in total. The Labute approximate surface area is 88.1 Å². The number of aldehydes is 1. The molecule has 1 saturated heterocycles. The lowest BCUT2D eigenvalue weighted by Crippen LogP contribution is -2.28. The predicted octanol–water partition coefficient (Wildman–Crippen LogP) is 1.88. The summed E-state index contributed by atoms with van der Waals surface area (Å²) in [7, 11) is 0. The SMILES string of the molecule is O=Cc1cccc(C2CNCCS2)c1. The van der Waals surface area contributed by atoms with Crippen molar-refractivity contribution in [2.75, 3.05) is 18.8 Å². The average molecular weight is 207 g/mol. The van der Waals surface area contributed by atoms with Gasteiger partial charge in [-0.15, -0.1) is 0 Å². The van der Waals surface area contributed by atoms with Gasteiger partial charge in [-0.3, -0.25) is 4.79 Å². The van der Waals surface area contributed by atoms with Crippen LogP contribution in [0.2, 0.25) is 0 Å². The van der Waals surface area contributed by atoms with Crippen LogP contribution in [0, 0.1) is 0 Å². The second kappa shape index (κ2) is 4.62. The van der Waals surface area contributed by atoms with Crippen LogP contribution in [0.4, 0.5) is 0 Å². The van der Waals surface area contributed by atoms with E-state index in [1.807, 2.05) is 30.0 Å². The fourth-order valence-electron chi connectivity index (χ4n) is 1.61. The standard InChI is InChI=1S/C11H13NOS/c13-8-9-2-1-3-10(6-9)11-7-12-4-5-14-11/h1-3,6,8,11-12H,4-5,7H2. The topological polar surface area (TPSA) is 29.1 Å². The van der Waals surface area contributed by atoms with Crippen molar-refractivity contribution < 1.29 is 4.79 Å². The molecule has 1 atom stereocenters. The van der Waals surface area contributed by atoms with Crippen LogP contribution >= 0.6 is 11.8 Å².